The van der Waals surface area contributed by atoms with Crippen LogP contribution in [0.3, 0.4) is 0 Å². The minimum Gasteiger partial charge on any atom is -0.386 e. The highest BCUT2D eigenvalue weighted by Gasteiger charge is 2.27. The number of carbonyl (C=O) groups is 1. The lowest BCUT2D eigenvalue weighted by Gasteiger charge is -2.35. The van der Waals surface area contributed by atoms with Crippen LogP contribution >= 0.6 is 15.9 Å². The minimum atomic E-state index is -0.252. The fourth-order valence-corrected chi connectivity index (χ4v) is 2.79. The Bertz CT molecular complexity index is 612. The third-order valence-electron chi connectivity index (χ3n) is 3.52. The molecule has 6 heteroatoms. The van der Waals surface area contributed by atoms with Crippen LogP contribution in [-0.2, 0) is 16.1 Å². The summed E-state index contributed by atoms with van der Waals surface area (Å²) < 4.78 is 6.63. The summed E-state index contributed by atoms with van der Waals surface area (Å²) in [6.45, 7) is 5.43. The van der Waals surface area contributed by atoms with E-state index in [1.54, 1.807) is 4.90 Å². The zero-order valence-corrected chi connectivity index (χ0v) is 14.8. The van der Waals surface area contributed by atoms with Crippen LogP contribution in [-0.4, -0.2) is 36.1 Å². The number of morpholine rings is 1. The number of nitrogens with zero attached hydrogens (tertiary/aromatic N) is 2. The van der Waals surface area contributed by atoms with E-state index in [4.69, 9.17) is 4.74 Å². The fourth-order valence-electron chi connectivity index (χ4n) is 2.53. The average molecular weight is 378 g/mol. The van der Waals surface area contributed by atoms with E-state index in [-0.39, 0.29) is 23.7 Å². The molecule has 1 heterocycles. The van der Waals surface area contributed by atoms with Gasteiger partial charge in [-0.15, -0.1) is 0 Å². The van der Waals surface area contributed by atoms with Gasteiger partial charge in [-0.05, 0) is 31.5 Å². The summed E-state index contributed by atoms with van der Waals surface area (Å²) in [7, 11) is 0. The molecule has 0 radical (unpaired) electrons. The Morgan fingerprint density at radius 2 is 2.00 bits per heavy atom. The van der Waals surface area contributed by atoms with Gasteiger partial charge in [0.05, 0.1) is 12.2 Å². The molecule has 1 aliphatic heterocycles. The summed E-state index contributed by atoms with van der Waals surface area (Å²) in [4.78, 5) is 14.1. The van der Waals surface area contributed by atoms with Crippen molar-refractivity contribution in [2.75, 3.05) is 13.1 Å². The molecule has 5 nitrogen and oxygen atoms in total. The molecule has 1 amide bonds. The van der Waals surface area contributed by atoms with E-state index in [1.807, 2.05) is 44.2 Å². The highest BCUT2D eigenvalue weighted by molar-refractivity contribution is 9.10. The minimum absolute atomic E-state index is 0.0154. The van der Waals surface area contributed by atoms with Crippen molar-refractivity contribution in [1.82, 2.24) is 10.2 Å². The lowest BCUT2D eigenvalue weighted by molar-refractivity contribution is -0.138. The first-order chi connectivity index (χ1) is 11.0. The molecule has 0 aromatic heterocycles. The van der Waals surface area contributed by atoms with Crippen LogP contribution in [0.4, 0.5) is 0 Å². The van der Waals surface area contributed by atoms with E-state index >= 15 is 0 Å². The van der Waals surface area contributed by atoms with Gasteiger partial charge in [-0.1, -0.05) is 28.1 Å². The van der Waals surface area contributed by atoms with Crippen molar-refractivity contribution < 1.29 is 9.53 Å². The topological polar surface area (TPSA) is 65.4 Å². The predicted molar refractivity (Wildman–Crippen MR) is 91.3 cm³/mol. The van der Waals surface area contributed by atoms with Crippen molar-refractivity contribution in [2.45, 2.75) is 32.6 Å². The quantitative estimate of drug-likeness (QED) is 0.646. The lowest BCUT2D eigenvalue weighted by atomic mass is 10.2. The molecule has 0 aliphatic carbocycles. The number of nitrogens with one attached hydrogen (secondary N) is 1. The van der Waals surface area contributed by atoms with Crippen LogP contribution in [0.5, 0.6) is 0 Å². The highest BCUT2D eigenvalue weighted by atomic mass is 79.9. The van der Waals surface area contributed by atoms with Crippen molar-refractivity contribution in [1.29, 1.82) is 5.26 Å². The molecule has 2 unspecified atom stereocenters. The number of nitriles is 1. The van der Waals surface area contributed by atoms with E-state index < -0.39 is 0 Å². The first kappa shape index (κ1) is 17.5. The lowest BCUT2D eigenvalue weighted by Crippen LogP contribution is -2.48. The van der Waals surface area contributed by atoms with Crippen LogP contribution in [0, 0.1) is 11.3 Å². The maximum absolute atomic E-state index is 12.4. The van der Waals surface area contributed by atoms with Gasteiger partial charge in [-0.25, -0.2) is 0 Å². The third kappa shape index (κ3) is 5.08. The van der Waals surface area contributed by atoms with Gasteiger partial charge in [0, 0.05) is 30.3 Å². The SMILES string of the molecule is CC1CN(C(=O)/C(C#N)=C\NCc2ccc(Br)cc2)CC(C)O1. The van der Waals surface area contributed by atoms with Crippen LogP contribution in [0.2, 0.25) is 0 Å². The van der Waals surface area contributed by atoms with Crippen molar-refractivity contribution in [3.63, 3.8) is 0 Å². The van der Waals surface area contributed by atoms with Gasteiger partial charge in [-0.3, -0.25) is 4.79 Å². The van der Waals surface area contributed by atoms with Crippen LogP contribution in [0.25, 0.3) is 0 Å². The zero-order valence-electron chi connectivity index (χ0n) is 13.3. The van der Waals surface area contributed by atoms with Crippen LogP contribution < -0.4 is 5.32 Å². The summed E-state index contributed by atoms with van der Waals surface area (Å²) in [5, 5.41) is 12.3. The third-order valence-corrected chi connectivity index (χ3v) is 4.05. The fraction of sp³-hybridized carbons (Fsp3) is 0.412. The van der Waals surface area contributed by atoms with Gasteiger partial charge in [0.2, 0.25) is 0 Å². The summed E-state index contributed by atoms with van der Waals surface area (Å²) in [5.74, 6) is -0.252. The maximum atomic E-state index is 12.4. The van der Waals surface area contributed by atoms with Gasteiger partial charge >= 0.3 is 0 Å². The van der Waals surface area contributed by atoms with Crippen molar-refractivity contribution in [2.24, 2.45) is 0 Å². The number of amides is 1. The van der Waals surface area contributed by atoms with Crippen LogP contribution in [0.1, 0.15) is 19.4 Å². The highest BCUT2D eigenvalue weighted by Crippen LogP contribution is 2.13. The molecule has 1 N–H and O–H groups in total. The number of rotatable bonds is 4. The number of hydrogen-bond acceptors (Lipinski definition) is 4. The van der Waals surface area contributed by atoms with Gasteiger partial charge in [0.25, 0.3) is 5.91 Å². The summed E-state index contributed by atoms with van der Waals surface area (Å²) in [5.41, 5.74) is 1.19. The van der Waals surface area contributed by atoms with Gasteiger partial charge in [0.15, 0.2) is 0 Å². The Kier molecular flexibility index (Phi) is 6.20. The Balaban J connectivity index is 1.96. The molecule has 1 fully saturated rings. The molecule has 1 aliphatic rings. The number of benzene rings is 1. The van der Waals surface area contributed by atoms with Gasteiger partial charge < -0.3 is 15.0 Å². The monoisotopic (exact) mass is 377 g/mol. The molecule has 122 valence electrons. The molecule has 2 atom stereocenters. The standard InChI is InChI=1S/C17H20BrN3O2/c1-12-10-21(11-13(2)23-12)17(22)15(7-19)9-20-8-14-3-5-16(18)6-4-14/h3-6,9,12-13,20H,8,10-11H2,1-2H3/b15-9-. The van der Waals surface area contributed by atoms with E-state index in [0.717, 1.165) is 10.0 Å². The van der Waals surface area contributed by atoms with Crippen LogP contribution in [0.15, 0.2) is 40.5 Å². The zero-order chi connectivity index (χ0) is 16.8. The number of halogens is 1. The summed E-state index contributed by atoms with van der Waals surface area (Å²) in [6.07, 6.45) is 1.46. The molecule has 0 saturated carbocycles. The number of ether oxygens (including phenoxy) is 1. The smallest absolute Gasteiger partial charge is 0.266 e. The van der Waals surface area contributed by atoms with Crippen molar-refractivity contribution >= 4 is 21.8 Å². The molecule has 0 bridgehead atoms. The first-order valence-electron chi connectivity index (χ1n) is 7.52. The molecule has 1 aromatic rings. The number of hydrogen-bond donors (Lipinski definition) is 1. The van der Waals surface area contributed by atoms with Crippen molar-refractivity contribution in [3.8, 4) is 6.07 Å². The molecular weight excluding hydrogens is 358 g/mol. The van der Waals surface area contributed by atoms with Gasteiger partial charge in [-0.2, -0.15) is 5.26 Å². The Labute approximate surface area is 145 Å². The molecule has 23 heavy (non-hydrogen) atoms. The van der Waals surface area contributed by atoms with E-state index in [0.29, 0.717) is 19.6 Å². The molecule has 2 rings (SSSR count). The second-order valence-corrected chi connectivity index (χ2v) is 6.56. The number of carbonyl (C=O) groups excluding carboxylic acids is 1. The Hall–Kier alpha value is -1.84. The Morgan fingerprint density at radius 3 is 2.57 bits per heavy atom. The Morgan fingerprint density at radius 1 is 1.39 bits per heavy atom. The maximum Gasteiger partial charge on any atom is 0.266 e. The molecule has 0 spiro atoms. The normalized spacial score (nSPS) is 21.7. The van der Waals surface area contributed by atoms with E-state index in [9.17, 15) is 10.1 Å². The molecule has 1 saturated heterocycles. The largest absolute Gasteiger partial charge is 0.386 e. The summed E-state index contributed by atoms with van der Waals surface area (Å²) >= 11 is 3.39. The molecule has 1 aromatic carbocycles. The first-order valence-corrected chi connectivity index (χ1v) is 8.31. The van der Waals surface area contributed by atoms with E-state index in [2.05, 4.69) is 21.2 Å². The average Bonchev–Trinajstić information content (AvgIpc) is 2.52. The van der Waals surface area contributed by atoms with E-state index in [1.165, 1.54) is 6.20 Å². The summed E-state index contributed by atoms with van der Waals surface area (Å²) in [6, 6.07) is 9.84. The molecular formula is C17H20BrN3O2. The second-order valence-electron chi connectivity index (χ2n) is 5.64. The predicted octanol–water partition coefficient (Wildman–Crippen LogP) is 2.58. The van der Waals surface area contributed by atoms with Crippen molar-refractivity contribution in [3.05, 3.63) is 46.1 Å². The second kappa shape index (κ2) is 8.14. The van der Waals surface area contributed by atoms with Gasteiger partial charge in [0.1, 0.15) is 11.6 Å².